The van der Waals surface area contributed by atoms with Gasteiger partial charge in [-0.05, 0) is 37.3 Å². The van der Waals surface area contributed by atoms with E-state index in [1.54, 1.807) is 24.3 Å². The molecule has 0 amide bonds. The Morgan fingerprint density at radius 2 is 1.84 bits per heavy atom. The van der Waals surface area contributed by atoms with Crippen molar-refractivity contribution in [3.63, 3.8) is 0 Å². The molecule has 0 saturated heterocycles. The number of anilines is 1. The normalized spacial score (nSPS) is 17.1. The first-order valence-corrected chi connectivity index (χ1v) is 5.95. The Morgan fingerprint density at radius 1 is 1.16 bits per heavy atom. The Hall–Kier alpha value is -2.56. The van der Waals surface area contributed by atoms with Gasteiger partial charge in [-0.15, -0.1) is 0 Å². The van der Waals surface area contributed by atoms with E-state index in [0.717, 1.165) is 5.69 Å². The van der Waals surface area contributed by atoms with Gasteiger partial charge in [0.15, 0.2) is 0 Å². The van der Waals surface area contributed by atoms with Crippen molar-refractivity contribution in [2.75, 3.05) is 12.3 Å². The van der Waals surface area contributed by atoms with E-state index >= 15 is 0 Å². The fourth-order valence-corrected chi connectivity index (χ4v) is 1.65. The molecule has 5 N–H and O–H groups in total. The predicted molar refractivity (Wildman–Crippen MR) is 77.7 cm³/mol. The molecule has 98 valence electrons. The van der Waals surface area contributed by atoms with E-state index in [2.05, 4.69) is 4.99 Å². The zero-order valence-corrected chi connectivity index (χ0v) is 10.7. The van der Waals surface area contributed by atoms with E-state index in [0.29, 0.717) is 29.5 Å². The van der Waals surface area contributed by atoms with Crippen molar-refractivity contribution in [1.29, 1.82) is 5.41 Å². The van der Waals surface area contributed by atoms with Gasteiger partial charge in [-0.3, -0.25) is 5.41 Å². The number of aliphatic imine (C=N–C) groups is 1. The van der Waals surface area contributed by atoms with Crippen LogP contribution in [0.15, 0.2) is 52.9 Å². The highest BCUT2D eigenvalue weighted by Crippen LogP contribution is 2.18. The van der Waals surface area contributed by atoms with Crippen LogP contribution in [0.4, 0.5) is 11.4 Å². The summed E-state index contributed by atoms with van der Waals surface area (Å²) in [6.45, 7) is 2.36. The fourth-order valence-electron chi connectivity index (χ4n) is 1.65. The summed E-state index contributed by atoms with van der Waals surface area (Å²) in [6.07, 6.45) is 3.22. The number of benzene rings is 1. The Morgan fingerprint density at radius 3 is 2.47 bits per heavy atom. The number of hydrogen-bond acceptors (Lipinski definition) is 5. The second-order valence-electron chi connectivity index (χ2n) is 4.04. The summed E-state index contributed by atoms with van der Waals surface area (Å²) >= 11 is 0. The van der Waals surface area contributed by atoms with E-state index in [1.807, 2.05) is 19.1 Å². The molecule has 0 aliphatic heterocycles. The third-order valence-electron chi connectivity index (χ3n) is 2.57. The molecule has 0 spiro atoms. The van der Waals surface area contributed by atoms with Crippen LogP contribution in [0.5, 0.6) is 0 Å². The van der Waals surface area contributed by atoms with Gasteiger partial charge in [-0.2, -0.15) is 0 Å². The summed E-state index contributed by atoms with van der Waals surface area (Å²) < 4.78 is 5.37. The van der Waals surface area contributed by atoms with E-state index in [1.165, 1.54) is 0 Å². The molecule has 1 aromatic carbocycles. The van der Waals surface area contributed by atoms with Gasteiger partial charge in [0.1, 0.15) is 5.76 Å². The molecule has 5 heteroatoms. The van der Waals surface area contributed by atoms with Gasteiger partial charge in [-0.1, -0.05) is 0 Å². The number of rotatable bonds is 3. The topological polar surface area (TPSA) is 97.5 Å². The lowest BCUT2D eigenvalue weighted by Gasteiger charge is -2.14. The van der Waals surface area contributed by atoms with Crippen molar-refractivity contribution in [2.24, 2.45) is 10.7 Å². The van der Waals surface area contributed by atoms with Crippen molar-refractivity contribution in [1.82, 2.24) is 0 Å². The number of ether oxygens (including phenoxy) is 1. The maximum atomic E-state index is 7.76. The Balaban J connectivity index is 2.34. The van der Waals surface area contributed by atoms with Crippen LogP contribution in [0.25, 0.3) is 0 Å². The highest BCUT2D eigenvalue weighted by molar-refractivity contribution is 6.22. The molecular formula is C14H16N4O. The van der Waals surface area contributed by atoms with E-state index in [-0.39, 0.29) is 5.71 Å². The average molecular weight is 256 g/mol. The molecule has 0 bridgehead atoms. The first kappa shape index (κ1) is 12.9. The van der Waals surface area contributed by atoms with Gasteiger partial charge in [0, 0.05) is 11.8 Å². The molecule has 1 aliphatic rings. The average Bonchev–Trinajstić information content (AvgIpc) is 2.38. The van der Waals surface area contributed by atoms with Gasteiger partial charge < -0.3 is 16.2 Å². The van der Waals surface area contributed by atoms with Crippen molar-refractivity contribution in [3.8, 4) is 0 Å². The van der Waals surface area contributed by atoms with Crippen molar-refractivity contribution < 1.29 is 4.74 Å². The third-order valence-corrected chi connectivity index (χ3v) is 2.57. The van der Waals surface area contributed by atoms with E-state index < -0.39 is 0 Å². The summed E-state index contributed by atoms with van der Waals surface area (Å²) in [5, 5.41) is 7.76. The SMILES string of the molecule is CCOC1=C/C(=N/c2ccc(N)cc2)C(N)=CC1=N. The maximum absolute atomic E-state index is 7.76. The molecule has 1 aromatic rings. The van der Waals surface area contributed by atoms with Crippen molar-refractivity contribution in [3.05, 3.63) is 47.9 Å². The highest BCUT2D eigenvalue weighted by Gasteiger charge is 2.15. The van der Waals surface area contributed by atoms with Crippen molar-refractivity contribution in [2.45, 2.75) is 6.92 Å². The molecule has 0 fully saturated rings. The standard InChI is InChI=1S/C14H16N4O/c1-2-19-14-8-13(11(16)7-12(14)17)18-10-5-3-9(15)4-6-10/h3-8,17H,2,15-16H2,1H3/b17-12?,18-13-. The van der Waals surface area contributed by atoms with Crippen LogP contribution in [0, 0.1) is 5.41 Å². The molecule has 0 saturated carbocycles. The van der Waals surface area contributed by atoms with Crippen molar-refractivity contribution >= 4 is 22.8 Å². The lowest BCUT2D eigenvalue weighted by molar-refractivity contribution is 0.250. The quantitative estimate of drug-likeness (QED) is 0.570. The number of allylic oxidation sites excluding steroid dienone is 2. The van der Waals surface area contributed by atoms with Crippen LogP contribution in [-0.4, -0.2) is 18.0 Å². The minimum absolute atomic E-state index is 0.260. The van der Waals surface area contributed by atoms with E-state index in [9.17, 15) is 0 Å². The summed E-state index contributed by atoms with van der Waals surface area (Å²) in [5.41, 5.74) is 14.2. The monoisotopic (exact) mass is 256 g/mol. The highest BCUT2D eigenvalue weighted by atomic mass is 16.5. The lowest BCUT2D eigenvalue weighted by atomic mass is 10.1. The molecule has 0 heterocycles. The number of nitrogens with zero attached hydrogens (tertiary/aromatic N) is 1. The molecule has 5 nitrogen and oxygen atoms in total. The van der Waals surface area contributed by atoms with Gasteiger partial charge in [-0.25, -0.2) is 4.99 Å². The summed E-state index contributed by atoms with van der Waals surface area (Å²) in [4.78, 5) is 4.42. The molecule has 1 aliphatic carbocycles. The Bertz CT molecular complexity index is 582. The number of nitrogens with one attached hydrogen (secondary N) is 1. The molecule has 0 radical (unpaired) electrons. The maximum Gasteiger partial charge on any atom is 0.146 e. The lowest BCUT2D eigenvalue weighted by Crippen LogP contribution is -2.19. The molecule has 2 rings (SSSR count). The Labute approximate surface area is 111 Å². The largest absolute Gasteiger partial charge is 0.492 e. The molecule has 0 atom stereocenters. The van der Waals surface area contributed by atoms with Crippen LogP contribution < -0.4 is 11.5 Å². The van der Waals surface area contributed by atoms with E-state index in [4.69, 9.17) is 21.6 Å². The number of nitrogens with two attached hydrogens (primary N) is 2. The van der Waals surface area contributed by atoms with Crippen LogP contribution in [0.1, 0.15) is 6.92 Å². The van der Waals surface area contributed by atoms with Gasteiger partial charge in [0.2, 0.25) is 0 Å². The summed E-state index contributed by atoms with van der Waals surface area (Å²) in [7, 11) is 0. The molecule has 0 unspecified atom stereocenters. The van der Waals surface area contributed by atoms with Gasteiger partial charge >= 0.3 is 0 Å². The fraction of sp³-hybridized carbons (Fsp3) is 0.143. The predicted octanol–water partition coefficient (Wildman–Crippen LogP) is 2.14. The second kappa shape index (κ2) is 5.39. The summed E-state index contributed by atoms with van der Waals surface area (Å²) in [6, 6.07) is 7.17. The minimum atomic E-state index is 0.260. The van der Waals surface area contributed by atoms with Crippen LogP contribution >= 0.6 is 0 Å². The Kier molecular flexibility index (Phi) is 3.66. The molecular weight excluding hydrogens is 240 g/mol. The van der Waals surface area contributed by atoms with Crippen LogP contribution in [0.3, 0.4) is 0 Å². The van der Waals surface area contributed by atoms with Gasteiger partial charge in [0.25, 0.3) is 0 Å². The minimum Gasteiger partial charge on any atom is -0.492 e. The smallest absolute Gasteiger partial charge is 0.146 e. The second-order valence-corrected chi connectivity index (χ2v) is 4.04. The first-order valence-electron chi connectivity index (χ1n) is 5.95. The first-order chi connectivity index (χ1) is 9.10. The van der Waals surface area contributed by atoms with Gasteiger partial charge in [0.05, 0.1) is 29.4 Å². The summed E-state index contributed by atoms with van der Waals surface area (Å²) in [5.74, 6) is 0.478. The number of nitrogen functional groups attached to an aromatic ring is 1. The third kappa shape index (κ3) is 3.01. The zero-order chi connectivity index (χ0) is 13.8. The zero-order valence-electron chi connectivity index (χ0n) is 10.7. The number of hydrogen-bond donors (Lipinski definition) is 3. The molecule has 19 heavy (non-hydrogen) atoms. The van der Waals surface area contributed by atoms with Crippen LogP contribution in [-0.2, 0) is 4.74 Å². The molecule has 0 aromatic heterocycles. The van der Waals surface area contributed by atoms with Crippen LogP contribution in [0.2, 0.25) is 0 Å².